The van der Waals surface area contributed by atoms with Gasteiger partial charge in [0.05, 0.1) is 0 Å². The molecule has 1 unspecified atom stereocenters. The molecule has 0 aliphatic rings. The van der Waals surface area contributed by atoms with Crippen LogP contribution in [-0.2, 0) is 4.79 Å². The van der Waals surface area contributed by atoms with Gasteiger partial charge in [0.2, 0.25) is 5.91 Å². The van der Waals surface area contributed by atoms with Crippen LogP contribution in [0.15, 0.2) is 24.3 Å². The van der Waals surface area contributed by atoms with Gasteiger partial charge in [-0.25, -0.2) is 0 Å². The number of benzene rings is 1. The van der Waals surface area contributed by atoms with Crippen molar-refractivity contribution in [3.05, 3.63) is 29.8 Å². The van der Waals surface area contributed by atoms with E-state index in [4.69, 9.17) is 11.6 Å². The molecule has 0 spiro atoms. The predicted octanol–water partition coefficient (Wildman–Crippen LogP) is 2.70. The van der Waals surface area contributed by atoms with E-state index in [1.54, 1.807) is 31.2 Å². The Morgan fingerprint density at radius 1 is 1.31 bits per heavy atom. The highest BCUT2D eigenvalue weighted by atomic mass is 35.5. The van der Waals surface area contributed by atoms with E-state index in [0.717, 1.165) is 0 Å². The summed E-state index contributed by atoms with van der Waals surface area (Å²) in [7, 11) is 0. The molecule has 16 heavy (non-hydrogen) atoms. The summed E-state index contributed by atoms with van der Waals surface area (Å²) in [4.78, 5) is 22.5. The Morgan fingerprint density at radius 3 is 2.31 bits per heavy atom. The maximum atomic E-state index is 11.5. The van der Waals surface area contributed by atoms with E-state index in [9.17, 15) is 9.59 Å². The van der Waals surface area contributed by atoms with Gasteiger partial charge in [-0.2, -0.15) is 0 Å². The highest BCUT2D eigenvalue weighted by Crippen LogP contribution is 2.11. The predicted molar refractivity (Wildman–Crippen MR) is 65.0 cm³/mol. The van der Waals surface area contributed by atoms with Crippen LogP contribution in [-0.4, -0.2) is 17.6 Å². The highest BCUT2D eigenvalue weighted by Gasteiger charge is 2.11. The van der Waals surface area contributed by atoms with E-state index in [-0.39, 0.29) is 23.5 Å². The summed E-state index contributed by atoms with van der Waals surface area (Å²) in [6, 6.07) is 6.78. The van der Waals surface area contributed by atoms with Crippen LogP contribution in [0.2, 0.25) is 0 Å². The minimum absolute atomic E-state index is 0.00648. The molecule has 1 aromatic carbocycles. The van der Waals surface area contributed by atoms with Crippen LogP contribution >= 0.6 is 11.6 Å². The number of Topliss-reactive ketones (excluding diaryl/α,β-unsaturated/α-hetero) is 1. The molecule has 1 N–H and O–H groups in total. The first kappa shape index (κ1) is 12.7. The summed E-state index contributed by atoms with van der Waals surface area (Å²) in [5, 5.41) is 2.72. The minimum atomic E-state index is -0.228. The lowest BCUT2D eigenvalue weighted by molar-refractivity contribution is -0.118. The van der Waals surface area contributed by atoms with E-state index in [0.29, 0.717) is 11.3 Å². The molecule has 0 radical (unpaired) electrons. The molecule has 1 aromatic rings. The van der Waals surface area contributed by atoms with E-state index in [1.807, 2.05) is 0 Å². The van der Waals surface area contributed by atoms with Crippen molar-refractivity contribution in [2.24, 2.45) is 5.92 Å². The smallest absolute Gasteiger partial charge is 0.228 e. The van der Waals surface area contributed by atoms with Crippen LogP contribution in [0.5, 0.6) is 0 Å². The Kier molecular flexibility index (Phi) is 4.50. The second kappa shape index (κ2) is 5.66. The summed E-state index contributed by atoms with van der Waals surface area (Å²) in [5.41, 5.74) is 1.30. The SMILES string of the molecule is CC(=O)c1ccc(NC(=O)C(C)CCl)cc1. The first-order valence-corrected chi connectivity index (χ1v) is 5.56. The summed E-state index contributed by atoms with van der Waals surface area (Å²) < 4.78 is 0. The number of rotatable bonds is 4. The quantitative estimate of drug-likeness (QED) is 0.649. The van der Waals surface area contributed by atoms with Crippen molar-refractivity contribution in [2.75, 3.05) is 11.2 Å². The molecule has 0 heterocycles. The molecular formula is C12H14ClNO2. The average molecular weight is 240 g/mol. The second-order valence-electron chi connectivity index (χ2n) is 3.68. The number of alkyl halides is 1. The van der Waals surface area contributed by atoms with E-state index < -0.39 is 0 Å². The third kappa shape index (κ3) is 3.35. The molecule has 0 saturated heterocycles. The maximum Gasteiger partial charge on any atom is 0.228 e. The Morgan fingerprint density at radius 2 is 1.88 bits per heavy atom. The lowest BCUT2D eigenvalue weighted by atomic mass is 10.1. The van der Waals surface area contributed by atoms with Crippen molar-refractivity contribution in [1.82, 2.24) is 0 Å². The summed E-state index contributed by atoms with van der Waals surface area (Å²) in [6.07, 6.45) is 0. The number of hydrogen-bond acceptors (Lipinski definition) is 2. The molecule has 0 aliphatic heterocycles. The fraction of sp³-hybridized carbons (Fsp3) is 0.333. The molecule has 1 amide bonds. The number of carbonyl (C=O) groups excluding carboxylic acids is 2. The van der Waals surface area contributed by atoms with Crippen LogP contribution in [0, 0.1) is 5.92 Å². The van der Waals surface area contributed by atoms with E-state index in [2.05, 4.69) is 5.32 Å². The van der Waals surface area contributed by atoms with Crippen molar-refractivity contribution in [1.29, 1.82) is 0 Å². The molecule has 0 aromatic heterocycles. The van der Waals surface area contributed by atoms with Gasteiger partial charge in [-0.15, -0.1) is 11.6 Å². The first-order valence-electron chi connectivity index (χ1n) is 5.02. The van der Waals surface area contributed by atoms with Gasteiger partial charge < -0.3 is 5.32 Å². The van der Waals surface area contributed by atoms with Crippen LogP contribution in [0.1, 0.15) is 24.2 Å². The number of carbonyl (C=O) groups is 2. The van der Waals surface area contributed by atoms with Crippen LogP contribution in [0.25, 0.3) is 0 Å². The van der Waals surface area contributed by atoms with Crippen molar-refractivity contribution in [3.63, 3.8) is 0 Å². The number of nitrogens with one attached hydrogen (secondary N) is 1. The van der Waals surface area contributed by atoms with Gasteiger partial charge in [0.25, 0.3) is 0 Å². The van der Waals surface area contributed by atoms with Crippen LogP contribution < -0.4 is 5.32 Å². The van der Waals surface area contributed by atoms with Gasteiger partial charge in [-0.3, -0.25) is 9.59 Å². The van der Waals surface area contributed by atoms with Crippen molar-refractivity contribution in [2.45, 2.75) is 13.8 Å². The molecule has 0 fully saturated rings. The summed E-state index contributed by atoms with van der Waals surface area (Å²) in [5.74, 6) is -0.0519. The lowest BCUT2D eigenvalue weighted by Crippen LogP contribution is -2.21. The van der Waals surface area contributed by atoms with Gasteiger partial charge in [0, 0.05) is 23.0 Å². The third-order valence-electron chi connectivity index (χ3n) is 2.24. The normalized spacial score (nSPS) is 11.9. The highest BCUT2D eigenvalue weighted by molar-refractivity contribution is 6.19. The number of hydrogen-bond donors (Lipinski definition) is 1. The van der Waals surface area contributed by atoms with Gasteiger partial charge in [0.1, 0.15) is 0 Å². The summed E-state index contributed by atoms with van der Waals surface area (Å²) in [6.45, 7) is 3.26. The van der Waals surface area contributed by atoms with Crippen LogP contribution in [0.3, 0.4) is 0 Å². The zero-order valence-corrected chi connectivity index (χ0v) is 10.0. The van der Waals surface area contributed by atoms with Gasteiger partial charge >= 0.3 is 0 Å². The summed E-state index contributed by atoms with van der Waals surface area (Å²) >= 11 is 5.57. The third-order valence-corrected chi connectivity index (χ3v) is 2.70. The number of ketones is 1. The first-order chi connectivity index (χ1) is 7.54. The molecule has 4 heteroatoms. The molecule has 0 aliphatic carbocycles. The fourth-order valence-corrected chi connectivity index (χ4v) is 1.26. The molecule has 1 rings (SSSR count). The minimum Gasteiger partial charge on any atom is -0.326 e. The van der Waals surface area contributed by atoms with E-state index >= 15 is 0 Å². The fourth-order valence-electron chi connectivity index (χ4n) is 1.12. The Labute approximate surface area is 99.8 Å². The number of amides is 1. The zero-order chi connectivity index (χ0) is 12.1. The largest absolute Gasteiger partial charge is 0.326 e. The molecule has 0 bridgehead atoms. The van der Waals surface area contributed by atoms with Gasteiger partial charge in [-0.1, -0.05) is 6.92 Å². The van der Waals surface area contributed by atoms with Crippen LogP contribution in [0.4, 0.5) is 5.69 Å². The van der Waals surface area contributed by atoms with Crippen molar-refractivity contribution < 1.29 is 9.59 Å². The molecule has 3 nitrogen and oxygen atoms in total. The van der Waals surface area contributed by atoms with E-state index in [1.165, 1.54) is 6.92 Å². The molecular weight excluding hydrogens is 226 g/mol. The molecule has 0 saturated carbocycles. The molecule has 86 valence electrons. The monoisotopic (exact) mass is 239 g/mol. The second-order valence-corrected chi connectivity index (χ2v) is 3.99. The average Bonchev–Trinajstić information content (AvgIpc) is 2.28. The van der Waals surface area contributed by atoms with Gasteiger partial charge in [-0.05, 0) is 31.2 Å². The topological polar surface area (TPSA) is 46.2 Å². The molecule has 1 atom stereocenters. The number of halogens is 1. The lowest BCUT2D eigenvalue weighted by Gasteiger charge is -2.09. The number of anilines is 1. The Hall–Kier alpha value is -1.35. The standard InChI is InChI=1S/C12H14ClNO2/c1-8(7-13)12(16)14-11-5-3-10(4-6-11)9(2)15/h3-6,8H,7H2,1-2H3,(H,14,16). The van der Waals surface area contributed by atoms with Crippen molar-refractivity contribution in [3.8, 4) is 0 Å². The van der Waals surface area contributed by atoms with Crippen molar-refractivity contribution >= 4 is 29.0 Å². The van der Waals surface area contributed by atoms with Gasteiger partial charge in [0.15, 0.2) is 5.78 Å². The Balaban J connectivity index is 2.69. The maximum absolute atomic E-state index is 11.5. The Bertz CT molecular complexity index is 387. The zero-order valence-electron chi connectivity index (χ0n) is 9.29.